The fraction of sp³-hybridized carbons (Fsp3) is 0.286. The molecule has 0 aliphatic heterocycles. The van der Waals surface area contributed by atoms with Crippen molar-refractivity contribution in [3.63, 3.8) is 0 Å². The van der Waals surface area contributed by atoms with Gasteiger partial charge in [-0.2, -0.15) is 0 Å². The second kappa shape index (κ2) is 2.56. The average molecular weight is 138 g/mol. The van der Waals surface area contributed by atoms with E-state index in [1.54, 1.807) is 13.2 Å². The number of rotatable bonds is 1. The highest BCUT2D eigenvalue weighted by Gasteiger charge is 1.97. The number of hydrogen-bond donors (Lipinski definition) is 1. The van der Waals surface area contributed by atoms with Gasteiger partial charge in [0.15, 0.2) is 0 Å². The van der Waals surface area contributed by atoms with Crippen LogP contribution in [-0.2, 0) is 0 Å². The molecule has 0 amide bonds. The number of aromatic nitrogens is 1. The van der Waals surface area contributed by atoms with Gasteiger partial charge in [0.1, 0.15) is 0 Å². The zero-order chi connectivity index (χ0) is 7.56. The summed E-state index contributed by atoms with van der Waals surface area (Å²) in [6.45, 7) is 1.89. The van der Waals surface area contributed by atoms with Crippen molar-refractivity contribution >= 4 is 5.69 Å². The molecule has 0 unspecified atom stereocenters. The van der Waals surface area contributed by atoms with Gasteiger partial charge in [-0.05, 0) is 19.1 Å². The lowest BCUT2D eigenvalue weighted by molar-refractivity contribution is 0.399. The van der Waals surface area contributed by atoms with Gasteiger partial charge < -0.3 is 10.5 Å². The number of aryl methyl sites for hydroxylation is 1. The molecular formula is C7H10N2O. The zero-order valence-corrected chi connectivity index (χ0v) is 6.09. The summed E-state index contributed by atoms with van der Waals surface area (Å²) in [5, 5.41) is 0. The number of nitrogens with zero attached hydrogens (tertiary/aromatic N) is 1. The molecule has 0 aliphatic carbocycles. The second-order valence-corrected chi connectivity index (χ2v) is 2.05. The van der Waals surface area contributed by atoms with E-state index in [1.807, 2.05) is 13.0 Å². The van der Waals surface area contributed by atoms with Crippen LogP contribution in [-0.4, -0.2) is 12.1 Å². The predicted octanol–water partition coefficient (Wildman–Crippen LogP) is 0.981. The number of anilines is 1. The van der Waals surface area contributed by atoms with Gasteiger partial charge in [0, 0.05) is 5.69 Å². The third-order valence-corrected chi connectivity index (χ3v) is 1.22. The fourth-order valence-electron chi connectivity index (χ4n) is 0.707. The molecule has 2 N–H and O–H groups in total. The first-order valence-electron chi connectivity index (χ1n) is 3.01. The van der Waals surface area contributed by atoms with Crippen LogP contribution in [0.15, 0.2) is 12.1 Å². The molecule has 0 saturated carbocycles. The Morgan fingerprint density at radius 3 is 2.70 bits per heavy atom. The first-order valence-corrected chi connectivity index (χ1v) is 3.01. The van der Waals surface area contributed by atoms with E-state index in [9.17, 15) is 0 Å². The van der Waals surface area contributed by atoms with Crippen LogP contribution >= 0.6 is 0 Å². The smallest absolute Gasteiger partial charge is 0.237 e. The average Bonchev–Trinajstić information content (AvgIpc) is 1.94. The topological polar surface area (TPSA) is 48.1 Å². The molecule has 1 aromatic heterocycles. The van der Waals surface area contributed by atoms with E-state index in [-0.39, 0.29) is 0 Å². The molecule has 1 rings (SSSR count). The predicted molar refractivity (Wildman–Crippen MR) is 39.9 cm³/mol. The monoisotopic (exact) mass is 138 g/mol. The van der Waals surface area contributed by atoms with Gasteiger partial charge in [0.05, 0.1) is 12.8 Å². The highest BCUT2D eigenvalue weighted by atomic mass is 16.5. The van der Waals surface area contributed by atoms with Crippen LogP contribution in [0.1, 0.15) is 5.69 Å². The summed E-state index contributed by atoms with van der Waals surface area (Å²) in [5.74, 6) is 0.500. The van der Waals surface area contributed by atoms with Crippen LogP contribution in [0.3, 0.4) is 0 Å². The maximum absolute atomic E-state index is 5.51. The maximum atomic E-state index is 5.51. The highest BCUT2D eigenvalue weighted by Crippen LogP contribution is 2.16. The minimum Gasteiger partial charge on any atom is -0.480 e. The summed E-state index contributed by atoms with van der Waals surface area (Å²) >= 11 is 0. The van der Waals surface area contributed by atoms with Crippen molar-refractivity contribution in [2.24, 2.45) is 0 Å². The molecule has 0 aromatic carbocycles. The van der Waals surface area contributed by atoms with Crippen LogP contribution < -0.4 is 10.5 Å². The van der Waals surface area contributed by atoms with Crippen molar-refractivity contribution in [2.75, 3.05) is 12.8 Å². The molecule has 0 aliphatic rings. The fourth-order valence-corrected chi connectivity index (χ4v) is 0.707. The van der Waals surface area contributed by atoms with Crippen LogP contribution in [0.25, 0.3) is 0 Å². The standard InChI is InChI=1S/C7H10N2O/c1-5-3-4-6(8)7(9-5)10-2/h3-4H,8H2,1-2H3. The lowest BCUT2D eigenvalue weighted by Gasteiger charge is -2.01. The van der Waals surface area contributed by atoms with E-state index in [2.05, 4.69) is 4.98 Å². The largest absolute Gasteiger partial charge is 0.480 e. The van der Waals surface area contributed by atoms with Gasteiger partial charge >= 0.3 is 0 Å². The Kier molecular flexibility index (Phi) is 1.76. The van der Waals surface area contributed by atoms with Gasteiger partial charge in [0.25, 0.3) is 0 Å². The number of ether oxygens (including phenoxy) is 1. The normalized spacial score (nSPS) is 9.40. The molecule has 0 saturated heterocycles. The molecule has 0 bridgehead atoms. The lowest BCUT2D eigenvalue weighted by Crippen LogP contribution is -1.95. The summed E-state index contributed by atoms with van der Waals surface area (Å²) in [5.41, 5.74) is 7.00. The van der Waals surface area contributed by atoms with Gasteiger partial charge in [-0.1, -0.05) is 0 Å². The molecule has 1 aromatic rings. The summed E-state index contributed by atoms with van der Waals surface area (Å²) in [4.78, 5) is 4.04. The van der Waals surface area contributed by atoms with Crippen LogP contribution in [0.4, 0.5) is 5.69 Å². The van der Waals surface area contributed by atoms with Crippen molar-refractivity contribution in [1.29, 1.82) is 0 Å². The van der Waals surface area contributed by atoms with E-state index in [4.69, 9.17) is 10.5 Å². The lowest BCUT2D eigenvalue weighted by atomic mass is 10.3. The molecule has 0 radical (unpaired) electrons. The number of methoxy groups -OCH3 is 1. The van der Waals surface area contributed by atoms with Crippen molar-refractivity contribution in [3.8, 4) is 5.88 Å². The van der Waals surface area contributed by atoms with Gasteiger partial charge in [-0.15, -0.1) is 0 Å². The Morgan fingerprint density at radius 1 is 1.50 bits per heavy atom. The van der Waals surface area contributed by atoms with Gasteiger partial charge in [0.2, 0.25) is 5.88 Å². The molecule has 0 atom stereocenters. The van der Waals surface area contributed by atoms with E-state index in [1.165, 1.54) is 0 Å². The third-order valence-electron chi connectivity index (χ3n) is 1.22. The summed E-state index contributed by atoms with van der Waals surface area (Å²) in [6, 6.07) is 3.62. The van der Waals surface area contributed by atoms with E-state index >= 15 is 0 Å². The van der Waals surface area contributed by atoms with Crippen molar-refractivity contribution in [3.05, 3.63) is 17.8 Å². The Hall–Kier alpha value is -1.25. The van der Waals surface area contributed by atoms with E-state index < -0.39 is 0 Å². The summed E-state index contributed by atoms with van der Waals surface area (Å²) in [7, 11) is 1.55. The highest BCUT2D eigenvalue weighted by molar-refractivity contribution is 5.47. The molecule has 0 fully saturated rings. The molecular weight excluding hydrogens is 128 g/mol. The first kappa shape index (κ1) is 6.86. The molecule has 1 heterocycles. The molecule has 10 heavy (non-hydrogen) atoms. The Labute approximate surface area is 59.8 Å². The molecule has 0 spiro atoms. The number of hydrogen-bond acceptors (Lipinski definition) is 3. The molecule has 3 heteroatoms. The quantitative estimate of drug-likeness (QED) is 0.629. The minimum absolute atomic E-state index is 0.500. The summed E-state index contributed by atoms with van der Waals surface area (Å²) < 4.78 is 4.89. The zero-order valence-electron chi connectivity index (χ0n) is 6.09. The van der Waals surface area contributed by atoms with Crippen LogP contribution in [0.2, 0.25) is 0 Å². The molecule has 54 valence electrons. The van der Waals surface area contributed by atoms with Crippen LogP contribution in [0.5, 0.6) is 5.88 Å². The SMILES string of the molecule is COc1nc(C)ccc1N. The number of nitrogen functional groups attached to an aromatic ring is 1. The van der Waals surface area contributed by atoms with Crippen molar-refractivity contribution < 1.29 is 4.74 Å². The first-order chi connectivity index (χ1) is 4.74. The maximum Gasteiger partial charge on any atom is 0.237 e. The van der Waals surface area contributed by atoms with E-state index in [0.717, 1.165) is 5.69 Å². The van der Waals surface area contributed by atoms with Crippen molar-refractivity contribution in [2.45, 2.75) is 6.92 Å². The van der Waals surface area contributed by atoms with Gasteiger partial charge in [-0.25, -0.2) is 4.98 Å². The van der Waals surface area contributed by atoms with Crippen LogP contribution in [0, 0.1) is 6.92 Å². The Bertz CT molecular complexity index is 235. The number of nitrogens with two attached hydrogens (primary N) is 1. The number of pyridine rings is 1. The minimum atomic E-state index is 0.500. The van der Waals surface area contributed by atoms with Gasteiger partial charge in [-0.3, -0.25) is 0 Å². The van der Waals surface area contributed by atoms with Crippen molar-refractivity contribution in [1.82, 2.24) is 4.98 Å². The molecule has 3 nitrogen and oxygen atoms in total. The summed E-state index contributed by atoms with van der Waals surface area (Å²) in [6.07, 6.45) is 0. The Balaban J connectivity index is 3.09. The van der Waals surface area contributed by atoms with E-state index in [0.29, 0.717) is 11.6 Å². The second-order valence-electron chi connectivity index (χ2n) is 2.05. The third kappa shape index (κ3) is 1.18. The Morgan fingerprint density at radius 2 is 2.20 bits per heavy atom.